The van der Waals surface area contributed by atoms with E-state index in [0.717, 1.165) is 16.7 Å². The van der Waals surface area contributed by atoms with E-state index in [2.05, 4.69) is 10.0 Å². The lowest BCUT2D eigenvalue weighted by molar-refractivity contribution is -0.127. The molecule has 0 saturated carbocycles. The number of rotatable bonds is 12. The van der Waals surface area contributed by atoms with Crippen molar-refractivity contribution < 1.29 is 27.9 Å². The third-order valence-electron chi connectivity index (χ3n) is 7.12. The van der Waals surface area contributed by atoms with E-state index >= 15 is 0 Å². The zero-order chi connectivity index (χ0) is 28.0. The van der Waals surface area contributed by atoms with Crippen LogP contribution in [-0.4, -0.2) is 51.1 Å². The molecule has 1 amide bonds. The van der Waals surface area contributed by atoms with Crippen molar-refractivity contribution in [1.82, 2.24) is 10.0 Å². The molecule has 8 nitrogen and oxygen atoms in total. The largest absolute Gasteiger partial charge is 0.392 e. The number of Topliss-reactive ketones (excluding diaryl/α,β-unsaturated/α-hetero) is 1. The highest BCUT2D eigenvalue weighted by Gasteiger charge is 2.35. The Morgan fingerprint density at radius 2 is 1.67 bits per heavy atom. The van der Waals surface area contributed by atoms with Crippen molar-refractivity contribution in [2.45, 2.75) is 49.3 Å². The Balaban J connectivity index is 1.45. The Morgan fingerprint density at radius 3 is 2.33 bits per heavy atom. The summed E-state index contributed by atoms with van der Waals surface area (Å²) < 4.78 is 33.6. The van der Waals surface area contributed by atoms with Crippen LogP contribution in [0.2, 0.25) is 0 Å². The Bertz CT molecular complexity index is 1390. The van der Waals surface area contributed by atoms with Gasteiger partial charge in [0.05, 0.1) is 23.1 Å². The molecule has 39 heavy (non-hydrogen) atoms. The summed E-state index contributed by atoms with van der Waals surface area (Å²) in [6.45, 7) is 1.14. The molecule has 4 rings (SSSR count). The average Bonchev–Trinajstić information content (AvgIpc) is 3.29. The highest BCUT2D eigenvalue weighted by atomic mass is 32.2. The molecule has 4 atom stereocenters. The first kappa shape index (κ1) is 28.6. The number of nitrogens with one attached hydrogen (secondary N) is 2. The van der Waals surface area contributed by atoms with Gasteiger partial charge in [-0.3, -0.25) is 9.59 Å². The summed E-state index contributed by atoms with van der Waals surface area (Å²) in [5.41, 5.74) is 3.48. The molecule has 0 fully saturated rings. The van der Waals surface area contributed by atoms with Crippen molar-refractivity contribution in [2.24, 2.45) is 5.92 Å². The molecule has 9 heteroatoms. The van der Waals surface area contributed by atoms with Gasteiger partial charge in [-0.25, -0.2) is 13.1 Å². The fourth-order valence-electron chi connectivity index (χ4n) is 4.97. The number of ketones is 1. The summed E-state index contributed by atoms with van der Waals surface area (Å²) in [5.74, 6) is -1.00. The lowest BCUT2D eigenvalue weighted by atomic mass is 9.92. The number of amides is 1. The molecule has 0 spiro atoms. The Hall–Kier alpha value is -3.37. The lowest BCUT2D eigenvalue weighted by Gasteiger charge is -2.25. The van der Waals surface area contributed by atoms with Crippen LogP contribution in [0.3, 0.4) is 0 Å². The van der Waals surface area contributed by atoms with Crippen molar-refractivity contribution in [3.63, 3.8) is 0 Å². The van der Waals surface area contributed by atoms with E-state index in [1.54, 1.807) is 7.11 Å². The first-order chi connectivity index (χ1) is 18.7. The average molecular weight is 551 g/mol. The van der Waals surface area contributed by atoms with E-state index in [4.69, 9.17) is 4.74 Å². The molecule has 3 N–H and O–H groups in total. The second-order valence-electron chi connectivity index (χ2n) is 9.87. The van der Waals surface area contributed by atoms with Gasteiger partial charge in [0.1, 0.15) is 0 Å². The third kappa shape index (κ3) is 7.19. The Labute approximate surface area is 229 Å². The van der Waals surface area contributed by atoms with Gasteiger partial charge in [-0.1, -0.05) is 66.7 Å². The number of hydrogen-bond acceptors (Lipinski definition) is 6. The number of sulfonamides is 1. The molecule has 1 aliphatic rings. The van der Waals surface area contributed by atoms with Crippen LogP contribution in [0.4, 0.5) is 0 Å². The maximum absolute atomic E-state index is 13.6. The summed E-state index contributed by atoms with van der Waals surface area (Å²) in [4.78, 5) is 25.0. The van der Waals surface area contributed by atoms with Gasteiger partial charge in [-0.2, -0.15) is 0 Å². The molecule has 0 aliphatic heterocycles. The van der Waals surface area contributed by atoms with E-state index in [0.29, 0.717) is 18.4 Å². The Morgan fingerprint density at radius 1 is 1.00 bits per heavy atom. The SMILES string of the molecule is CO[C@H]1Cc2ccccc2[C@@H]1NC(=O)[C@H](Cc1ccccc1)C[C@H](O)CNS(=O)(=O)c1ccc(C(C)=O)cc1. The van der Waals surface area contributed by atoms with Gasteiger partial charge in [0.2, 0.25) is 15.9 Å². The zero-order valence-electron chi connectivity index (χ0n) is 22.0. The molecule has 206 valence electrons. The smallest absolute Gasteiger partial charge is 0.240 e. The molecule has 0 aromatic heterocycles. The number of carbonyl (C=O) groups is 2. The first-order valence-electron chi connectivity index (χ1n) is 12.9. The van der Waals surface area contributed by atoms with Crippen LogP contribution in [0.25, 0.3) is 0 Å². The van der Waals surface area contributed by atoms with Gasteiger partial charge < -0.3 is 15.2 Å². The quantitative estimate of drug-likeness (QED) is 0.298. The molecule has 0 radical (unpaired) electrons. The summed E-state index contributed by atoms with van der Waals surface area (Å²) in [5, 5.41) is 13.9. The number of aliphatic hydroxyl groups excluding tert-OH is 1. The monoisotopic (exact) mass is 550 g/mol. The summed E-state index contributed by atoms with van der Waals surface area (Å²) in [7, 11) is -2.29. The number of benzene rings is 3. The van der Waals surface area contributed by atoms with E-state index in [9.17, 15) is 23.1 Å². The van der Waals surface area contributed by atoms with Crippen LogP contribution in [0.1, 0.15) is 46.4 Å². The normalized spacial score (nSPS) is 18.2. The second kappa shape index (κ2) is 12.7. The summed E-state index contributed by atoms with van der Waals surface area (Å²) in [6.07, 6.45) is -0.175. The molecule has 0 heterocycles. The van der Waals surface area contributed by atoms with Gasteiger partial charge >= 0.3 is 0 Å². The highest BCUT2D eigenvalue weighted by molar-refractivity contribution is 7.89. The molecule has 0 unspecified atom stereocenters. The highest BCUT2D eigenvalue weighted by Crippen LogP contribution is 2.33. The number of ether oxygens (including phenoxy) is 1. The number of aliphatic hydroxyl groups is 1. The number of carbonyl (C=O) groups excluding carboxylic acids is 2. The molecular weight excluding hydrogens is 516 g/mol. The maximum Gasteiger partial charge on any atom is 0.240 e. The van der Waals surface area contributed by atoms with Crippen LogP contribution in [0.5, 0.6) is 0 Å². The minimum atomic E-state index is -3.91. The van der Waals surface area contributed by atoms with Crippen molar-refractivity contribution in [1.29, 1.82) is 0 Å². The maximum atomic E-state index is 13.6. The van der Waals surface area contributed by atoms with E-state index in [-0.39, 0.29) is 41.7 Å². The second-order valence-corrected chi connectivity index (χ2v) is 11.6. The number of hydrogen-bond donors (Lipinski definition) is 3. The summed E-state index contributed by atoms with van der Waals surface area (Å²) in [6, 6.07) is 22.7. The minimum absolute atomic E-state index is 0.0104. The van der Waals surface area contributed by atoms with Crippen LogP contribution in [0.15, 0.2) is 83.8 Å². The predicted octanol–water partition coefficient (Wildman–Crippen LogP) is 3.21. The first-order valence-corrected chi connectivity index (χ1v) is 14.4. The predicted molar refractivity (Wildman–Crippen MR) is 148 cm³/mol. The van der Waals surface area contributed by atoms with Crippen LogP contribution < -0.4 is 10.0 Å². The van der Waals surface area contributed by atoms with Crippen LogP contribution in [0, 0.1) is 5.92 Å². The topological polar surface area (TPSA) is 122 Å². The van der Waals surface area contributed by atoms with Crippen molar-refractivity contribution in [3.8, 4) is 0 Å². The molecule has 0 bridgehead atoms. The van der Waals surface area contributed by atoms with Crippen LogP contribution >= 0.6 is 0 Å². The molecule has 0 saturated heterocycles. The molecule has 1 aliphatic carbocycles. The number of fused-ring (bicyclic) bond motifs is 1. The van der Waals surface area contributed by atoms with Gasteiger partial charge in [0.25, 0.3) is 0 Å². The van der Waals surface area contributed by atoms with Gasteiger partial charge in [0.15, 0.2) is 5.78 Å². The fraction of sp³-hybridized carbons (Fsp3) is 0.333. The van der Waals surface area contributed by atoms with Crippen molar-refractivity contribution in [3.05, 3.63) is 101 Å². The van der Waals surface area contributed by atoms with E-state index in [1.165, 1.54) is 31.2 Å². The molecule has 3 aromatic rings. The lowest BCUT2D eigenvalue weighted by Crippen LogP contribution is -2.41. The van der Waals surface area contributed by atoms with Crippen LogP contribution in [-0.2, 0) is 32.4 Å². The molecule has 3 aromatic carbocycles. The van der Waals surface area contributed by atoms with Gasteiger partial charge in [0, 0.05) is 31.6 Å². The Kier molecular flexibility index (Phi) is 9.29. The minimum Gasteiger partial charge on any atom is -0.392 e. The van der Waals surface area contributed by atoms with Gasteiger partial charge in [-0.15, -0.1) is 0 Å². The third-order valence-corrected chi connectivity index (χ3v) is 8.56. The van der Waals surface area contributed by atoms with E-state index < -0.39 is 22.0 Å². The number of methoxy groups -OCH3 is 1. The zero-order valence-corrected chi connectivity index (χ0v) is 22.9. The van der Waals surface area contributed by atoms with Gasteiger partial charge in [-0.05, 0) is 48.6 Å². The standard InChI is InChI=1S/C30H34N2O6S/c1-20(33)22-12-14-26(15-13-22)39(36,37)31-19-25(34)17-24(16-21-8-4-3-5-9-21)30(35)32-29-27-11-7-6-10-23(27)18-28(29)38-2/h3-15,24-25,28-29,31,34H,16-19H2,1-2H3,(H,32,35)/t24-,25+,28+,29+/m1/s1. The fourth-order valence-corrected chi connectivity index (χ4v) is 6.04. The van der Waals surface area contributed by atoms with E-state index in [1.807, 2.05) is 54.6 Å². The summed E-state index contributed by atoms with van der Waals surface area (Å²) >= 11 is 0. The molecular formula is C30H34N2O6S. The van der Waals surface area contributed by atoms with Crippen molar-refractivity contribution in [2.75, 3.05) is 13.7 Å². The van der Waals surface area contributed by atoms with Crippen molar-refractivity contribution >= 4 is 21.7 Å².